The number of benzene rings is 5. The van der Waals surface area contributed by atoms with Crippen molar-refractivity contribution < 1.29 is 54.2 Å². The monoisotopic (exact) mass is 967 g/mol. The minimum Gasteiger partial charge on any atom is -0.633 e. The van der Waals surface area contributed by atoms with E-state index in [-0.39, 0.29) is 32.9 Å². The Bertz CT molecular complexity index is 3430. The van der Waals surface area contributed by atoms with Gasteiger partial charge in [0.05, 0.1) is 30.8 Å². The molecule has 0 radical (unpaired) electrons. The zero-order valence-corrected chi connectivity index (χ0v) is 36.6. The summed E-state index contributed by atoms with van der Waals surface area (Å²) in [6.45, 7) is 1.08. The number of hydroxylamine groups is 3. The quantitative estimate of drug-likeness (QED) is 0.0571. The normalized spacial score (nSPS) is 14.8. The van der Waals surface area contributed by atoms with Gasteiger partial charge < -0.3 is 30.1 Å². The SMILES string of the molecule is C[N+](C)([O-])Cc1ccc(-c2[nH]c3cccc4c3c2CCNC4=O)cc1.O=C1NN=C(C(F)(F)C(F)(F)F)c2c[nH]c3cccc1c23.O=C1NN=C(c2ccc(C(F)(F)F)cc2)c2c[nH]c3cccc1c23. The van der Waals surface area contributed by atoms with Crippen LogP contribution in [0.1, 0.15) is 64.5 Å². The summed E-state index contributed by atoms with van der Waals surface area (Å²) in [4.78, 5) is 45.3. The molecule has 6 N–H and O–H groups in total. The molecule has 3 aliphatic rings. The van der Waals surface area contributed by atoms with Gasteiger partial charge in [0.15, 0.2) is 0 Å². The summed E-state index contributed by atoms with van der Waals surface area (Å²) in [5.74, 6) is -6.41. The molecular formula is C49H37F8N9O4. The smallest absolute Gasteiger partial charge is 0.459 e. The number of alkyl halides is 8. The lowest BCUT2D eigenvalue weighted by molar-refractivity contribution is -0.853. The first-order chi connectivity index (χ1) is 33.1. The molecule has 0 saturated carbocycles. The number of hydrogen-bond donors (Lipinski definition) is 6. The lowest BCUT2D eigenvalue weighted by Gasteiger charge is -2.33. The zero-order chi connectivity index (χ0) is 49.9. The number of H-pyrrole nitrogens is 3. The fourth-order valence-electron chi connectivity index (χ4n) is 8.60. The maximum absolute atomic E-state index is 13.6. The van der Waals surface area contributed by atoms with Crippen molar-refractivity contribution in [3.8, 4) is 11.3 Å². The maximum atomic E-state index is 13.6. The number of halogens is 8. The highest BCUT2D eigenvalue weighted by Crippen LogP contribution is 2.41. The highest BCUT2D eigenvalue weighted by atomic mass is 19.4. The number of quaternary nitrogens is 1. The standard InChI is InChI=1S/C20H21N3O2.C17H10F3N3O.C12H6F5N3O/c1-23(2,25)12-13-6-8-14(9-7-13)19-15-10-11-21-20(24)16-4-3-5-17(22-19)18(15)16;18-17(19,20)10-6-4-9(5-7-10)15-12-8-21-13-3-1-2-11(14(12)13)16(24)23-22-15;13-11(14,12(15,16)17)9-6-4-18-7-3-1-2-5(8(6)7)10(21)20-19-9/h3-9,22H,10-12H2,1-2H3,(H,21,24);1-8,21H,(H,23,24);1-4,18H,(H,20,21). The fourth-order valence-corrected chi connectivity index (χ4v) is 8.60. The van der Waals surface area contributed by atoms with E-state index in [0.717, 1.165) is 63.6 Å². The molecule has 0 spiro atoms. The number of rotatable bonds is 5. The molecule has 3 aliphatic heterocycles. The second-order valence-electron chi connectivity index (χ2n) is 17.0. The van der Waals surface area contributed by atoms with Crippen LogP contribution in [0.5, 0.6) is 0 Å². The van der Waals surface area contributed by atoms with Crippen LogP contribution in [-0.2, 0) is 19.1 Å². The molecule has 0 saturated heterocycles. The van der Waals surface area contributed by atoms with Gasteiger partial charge in [-0.25, -0.2) is 10.9 Å². The van der Waals surface area contributed by atoms with Gasteiger partial charge in [-0.2, -0.15) is 45.3 Å². The van der Waals surface area contributed by atoms with Crippen molar-refractivity contribution in [2.45, 2.75) is 31.2 Å². The zero-order valence-electron chi connectivity index (χ0n) is 36.6. The van der Waals surface area contributed by atoms with E-state index in [0.29, 0.717) is 40.9 Å². The Hall–Kier alpha value is -8.17. The number of amides is 3. The second kappa shape index (κ2) is 17.4. The van der Waals surface area contributed by atoms with E-state index in [1.165, 1.54) is 35.9 Å². The van der Waals surface area contributed by atoms with Crippen LogP contribution in [0.15, 0.2) is 126 Å². The minimum atomic E-state index is -5.82. The third kappa shape index (κ3) is 8.75. The van der Waals surface area contributed by atoms with E-state index >= 15 is 0 Å². The van der Waals surface area contributed by atoms with Crippen LogP contribution in [0.3, 0.4) is 0 Å². The van der Waals surface area contributed by atoms with Crippen LogP contribution in [0.25, 0.3) is 44.0 Å². The molecule has 3 amide bonds. The number of carbonyl (C=O) groups excluding carboxylic acids is 3. The topological polar surface area (TPSA) is 182 Å². The van der Waals surface area contributed by atoms with Crippen LogP contribution in [-0.4, -0.2) is 81.5 Å². The predicted octanol–water partition coefficient (Wildman–Crippen LogP) is 9.69. The van der Waals surface area contributed by atoms with Crippen LogP contribution in [0, 0.1) is 5.21 Å². The highest BCUT2D eigenvalue weighted by molar-refractivity contribution is 6.25. The van der Waals surface area contributed by atoms with Gasteiger partial charge in [0.2, 0.25) is 0 Å². The molecule has 70 heavy (non-hydrogen) atoms. The number of nitrogens with one attached hydrogen (secondary N) is 6. The first-order valence-corrected chi connectivity index (χ1v) is 21.3. The number of nitrogens with zero attached hydrogens (tertiary/aromatic N) is 3. The van der Waals surface area contributed by atoms with Gasteiger partial charge in [-0.05, 0) is 66.1 Å². The number of hydrogen-bond acceptors (Lipinski definition) is 6. The summed E-state index contributed by atoms with van der Waals surface area (Å²) in [5.41, 5.74) is 10.5. The van der Waals surface area contributed by atoms with E-state index in [2.05, 4.69) is 35.9 Å². The summed E-state index contributed by atoms with van der Waals surface area (Å²) in [7, 11) is 3.29. The fraction of sp³-hybridized carbons (Fsp3) is 0.163. The van der Waals surface area contributed by atoms with Crippen LogP contribution in [0.2, 0.25) is 0 Å². The van der Waals surface area contributed by atoms with Gasteiger partial charge in [-0.15, -0.1) is 0 Å². The van der Waals surface area contributed by atoms with Crippen LogP contribution >= 0.6 is 0 Å². The van der Waals surface area contributed by atoms with Crippen molar-refractivity contribution in [1.29, 1.82) is 0 Å². The minimum absolute atomic E-state index is 0.0132. The first kappa shape index (κ1) is 46.9. The summed E-state index contributed by atoms with van der Waals surface area (Å²) in [6, 6.07) is 28.1. The Balaban J connectivity index is 0.000000131. The number of aromatic nitrogens is 3. The molecule has 0 atom stereocenters. The number of hydrazone groups is 2. The molecule has 0 aliphatic carbocycles. The van der Waals surface area contributed by atoms with Crippen molar-refractivity contribution >= 4 is 61.9 Å². The lowest BCUT2D eigenvalue weighted by atomic mass is 9.98. The predicted molar refractivity (Wildman–Crippen MR) is 245 cm³/mol. The van der Waals surface area contributed by atoms with Gasteiger partial charge in [-0.1, -0.05) is 54.6 Å². The van der Waals surface area contributed by atoms with E-state index in [1.807, 2.05) is 48.5 Å². The average Bonchev–Trinajstić information content (AvgIpc) is 3.95. The molecule has 6 heterocycles. The Kier molecular flexibility index (Phi) is 11.7. The van der Waals surface area contributed by atoms with E-state index in [4.69, 9.17) is 0 Å². The third-order valence-electron chi connectivity index (χ3n) is 11.7. The molecule has 11 rings (SSSR count). The van der Waals surface area contributed by atoms with Gasteiger partial charge in [-0.3, -0.25) is 14.4 Å². The summed E-state index contributed by atoms with van der Waals surface area (Å²) in [6.07, 6.45) is -6.74. The lowest BCUT2D eigenvalue weighted by Crippen LogP contribution is -2.45. The molecule has 13 nitrogen and oxygen atoms in total. The van der Waals surface area contributed by atoms with Crippen molar-refractivity contribution in [3.05, 3.63) is 171 Å². The number of aromatic amines is 3. The average molecular weight is 968 g/mol. The van der Waals surface area contributed by atoms with E-state index in [1.54, 1.807) is 37.9 Å². The van der Waals surface area contributed by atoms with Crippen molar-refractivity contribution in [2.24, 2.45) is 10.2 Å². The van der Waals surface area contributed by atoms with Gasteiger partial charge >= 0.3 is 18.3 Å². The highest BCUT2D eigenvalue weighted by Gasteiger charge is 2.62. The molecule has 5 aromatic carbocycles. The molecule has 3 aromatic heterocycles. The van der Waals surface area contributed by atoms with Gasteiger partial charge in [0.25, 0.3) is 17.7 Å². The summed E-state index contributed by atoms with van der Waals surface area (Å²) in [5, 5.41) is 23.6. The third-order valence-corrected chi connectivity index (χ3v) is 11.7. The Morgan fingerprint density at radius 2 is 1.13 bits per heavy atom. The van der Waals surface area contributed by atoms with E-state index in [9.17, 15) is 54.7 Å². The van der Waals surface area contributed by atoms with Crippen molar-refractivity contribution in [1.82, 2.24) is 31.1 Å². The first-order valence-electron chi connectivity index (χ1n) is 21.3. The summed E-state index contributed by atoms with van der Waals surface area (Å²) >= 11 is 0. The van der Waals surface area contributed by atoms with Crippen molar-refractivity contribution in [3.63, 3.8) is 0 Å². The summed E-state index contributed by atoms with van der Waals surface area (Å²) < 4.78 is 103. The van der Waals surface area contributed by atoms with Crippen LogP contribution < -0.4 is 16.2 Å². The van der Waals surface area contributed by atoms with Gasteiger partial charge in [0, 0.05) is 85.2 Å². The van der Waals surface area contributed by atoms with E-state index < -0.39 is 41.0 Å². The second-order valence-corrected chi connectivity index (χ2v) is 17.0. The number of carbonyl (C=O) groups is 3. The Labute approximate surface area is 390 Å². The van der Waals surface area contributed by atoms with Gasteiger partial charge in [0.1, 0.15) is 18.0 Å². The molecule has 0 fully saturated rings. The molecule has 8 aromatic rings. The molecule has 0 bridgehead atoms. The molecule has 0 unspecified atom stereocenters. The Morgan fingerprint density at radius 3 is 1.70 bits per heavy atom. The largest absolute Gasteiger partial charge is 0.633 e. The molecule has 358 valence electrons. The molecular weight excluding hydrogens is 931 g/mol. The molecule has 21 heteroatoms. The van der Waals surface area contributed by atoms with Crippen molar-refractivity contribution in [2.75, 3.05) is 20.6 Å². The van der Waals surface area contributed by atoms with Crippen LogP contribution in [0.4, 0.5) is 35.1 Å². The Morgan fingerprint density at radius 1 is 0.600 bits per heavy atom. The maximum Gasteiger partial charge on any atom is 0.459 e.